The maximum atomic E-state index is 12.3. The minimum absolute atomic E-state index is 0.197. The third-order valence-corrected chi connectivity index (χ3v) is 5.14. The molecule has 0 radical (unpaired) electrons. The van der Waals surface area contributed by atoms with Crippen LogP contribution < -0.4 is 5.32 Å². The summed E-state index contributed by atoms with van der Waals surface area (Å²) < 4.78 is 11.0. The molecule has 0 unspecified atom stereocenters. The van der Waals surface area contributed by atoms with Crippen LogP contribution in [-0.2, 0) is 22.5 Å². The second-order valence-corrected chi connectivity index (χ2v) is 7.37. The Kier molecular flexibility index (Phi) is 4.31. The van der Waals surface area contributed by atoms with Gasteiger partial charge in [0.2, 0.25) is 0 Å². The van der Waals surface area contributed by atoms with Gasteiger partial charge in [0, 0.05) is 24.4 Å². The Morgan fingerprint density at radius 3 is 2.65 bits per heavy atom. The molecule has 1 saturated heterocycles. The number of amides is 2. The van der Waals surface area contributed by atoms with Crippen LogP contribution >= 0.6 is 11.3 Å². The molecule has 0 spiro atoms. The van der Waals surface area contributed by atoms with E-state index >= 15 is 0 Å². The van der Waals surface area contributed by atoms with Crippen LogP contribution in [0, 0.1) is 0 Å². The summed E-state index contributed by atoms with van der Waals surface area (Å²) in [7, 11) is 0. The quantitative estimate of drug-likeness (QED) is 0.861. The molecule has 8 heteroatoms. The lowest BCUT2D eigenvalue weighted by Crippen LogP contribution is -2.43. The van der Waals surface area contributed by atoms with Crippen molar-refractivity contribution in [2.24, 2.45) is 0 Å². The molecule has 2 amide bonds. The Morgan fingerprint density at radius 1 is 1.30 bits per heavy atom. The summed E-state index contributed by atoms with van der Waals surface area (Å²) in [5.41, 5.74) is 0.572. The summed E-state index contributed by atoms with van der Waals surface area (Å²) in [6.07, 6.45) is 0.522. The fraction of sp³-hybridized carbons (Fsp3) is 0.600. The summed E-state index contributed by atoms with van der Waals surface area (Å²) in [6.45, 7) is 6.27. The first-order chi connectivity index (χ1) is 10.9. The summed E-state index contributed by atoms with van der Waals surface area (Å²) in [4.78, 5) is 26.5. The Morgan fingerprint density at radius 2 is 2.00 bits per heavy atom. The standard InChI is InChI=1S/C15H20N2O5S/c1-15(2)7-9-10(8-22-15)23-12(11(9)13(18)19)16-14(20)17-3-5-21-6-4-17/h3-8H2,1-2H3,(H,16,20)(H,18,19). The van der Waals surface area contributed by atoms with Crippen molar-refractivity contribution in [2.75, 3.05) is 31.6 Å². The number of hydrogen-bond acceptors (Lipinski definition) is 5. The number of morpholine rings is 1. The Hall–Kier alpha value is -1.64. The number of carbonyl (C=O) groups excluding carboxylic acids is 1. The lowest BCUT2D eigenvalue weighted by atomic mass is 9.93. The van der Waals surface area contributed by atoms with E-state index in [1.165, 1.54) is 11.3 Å². The summed E-state index contributed by atoms with van der Waals surface area (Å²) in [5, 5.41) is 12.7. The van der Waals surface area contributed by atoms with Gasteiger partial charge in [0.05, 0.1) is 31.0 Å². The highest BCUT2D eigenvalue weighted by Crippen LogP contribution is 2.40. The molecule has 2 N–H and O–H groups in total. The molecule has 3 heterocycles. The van der Waals surface area contributed by atoms with E-state index in [0.717, 1.165) is 10.4 Å². The molecule has 1 aromatic heterocycles. The molecular formula is C15H20N2O5S. The van der Waals surface area contributed by atoms with Crippen molar-refractivity contribution < 1.29 is 24.2 Å². The van der Waals surface area contributed by atoms with E-state index in [2.05, 4.69) is 5.32 Å². The van der Waals surface area contributed by atoms with Crippen molar-refractivity contribution in [3.63, 3.8) is 0 Å². The van der Waals surface area contributed by atoms with Gasteiger partial charge in [-0.2, -0.15) is 0 Å². The first-order valence-electron chi connectivity index (χ1n) is 7.53. The van der Waals surface area contributed by atoms with Crippen molar-refractivity contribution in [2.45, 2.75) is 32.5 Å². The zero-order valence-electron chi connectivity index (χ0n) is 13.2. The first-order valence-corrected chi connectivity index (χ1v) is 8.34. The van der Waals surface area contributed by atoms with Crippen LogP contribution in [0.2, 0.25) is 0 Å². The van der Waals surface area contributed by atoms with Gasteiger partial charge in [0.25, 0.3) is 0 Å². The second-order valence-electron chi connectivity index (χ2n) is 6.27. The predicted molar refractivity (Wildman–Crippen MR) is 85.3 cm³/mol. The van der Waals surface area contributed by atoms with E-state index in [0.29, 0.717) is 44.3 Å². The highest BCUT2D eigenvalue weighted by atomic mass is 32.1. The largest absolute Gasteiger partial charge is 0.478 e. The number of anilines is 1. The molecule has 0 aliphatic carbocycles. The SMILES string of the molecule is CC1(C)Cc2c(sc(NC(=O)N3CCOCC3)c2C(=O)O)CO1. The monoisotopic (exact) mass is 340 g/mol. The van der Waals surface area contributed by atoms with Gasteiger partial charge in [0.15, 0.2) is 0 Å². The maximum absolute atomic E-state index is 12.3. The van der Waals surface area contributed by atoms with Crippen LogP contribution in [-0.4, -0.2) is 53.9 Å². The van der Waals surface area contributed by atoms with E-state index in [1.54, 1.807) is 4.90 Å². The van der Waals surface area contributed by atoms with Gasteiger partial charge < -0.3 is 19.5 Å². The molecule has 2 aliphatic rings. The van der Waals surface area contributed by atoms with Crippen molar-refractivity contribution in [3.05, 3.63) is 16.0 Å². The summed E-state index contributed by atoms with van der Waals surface area (Å²) >= 11 is 1.29. The number of nitrogens with zero attached hydrogens (tertiary/aromatic N) is 1. The van der Waals surface area contributed by atoms with Gasteiger partial charge in [-0.25, -0.2) is 9.59 Å². The van der Waals surface area contributed by atoms with Crippen LogP contribution in [0.5, 0.6) is 0 Å². The maximum Gasteiger partial charge on any atom is 0.339 e. The van der Waals surface area contributed by atoms with Crippen LogP contribution in [0.3, 0.4) is 0 Å². The van der Waals surface area contributed by atoms with Crippen LogP contribution in [0.4, 0.5) is 9.80 Å². The Labute approximate surface area is 138 Å². The normalized spacial score (nSPS) is 20.0. The molecule has 23 heavy (non-hydrogen) atoms. The first kappa shape index (κ1) is 16.2. The number of fused-ring (bicyclic) bond motifs is 1. The molecule has 0 saturated carbocycles. The van der Waals surface area contributed by atoms with Crippen LogP contribution in [0.15, 0.2) is 0 Å². The molecular weight excluding hydrogens is 320 g/mol. The van der Waals surface area contributed by atoms with Crippen LogP contribution in [0.25, 0.3) is 0 Å². The summed E-state index contributed by atoms with van der Waals surface area (Å²) in [5.74, 6) is -1.02. The highest BCUT2D eigenvalue weighted by Gasteiger charge is 2.34. The molecule has 3 rings (SSSR count). The van der Waals surface area contributed by atoms with Gasteiger partial charge in [-0.1, -0.05) is 0 Å². The number of thiophene rings is 1. The smallest absolute Gasteiger partial charge is 0.339 e. The number of carboxylic acids is 1. The van der Waals surface area contributed by atoms with Gasteiger partial charge in [-0.3, -0.25) is 5.32 Å². The van der Waals surface area contributed by atoms with E-state index in [9.17, 15) is 14.7 Å². The van der Waals surface area contributed by atoms with E-state index in [1.807, 2.05) is 13.8 Å². The Balaban J connectivity index is 1.86. The van der Waals surface area contributed by atoms with Crippen molar-refractivity contribution >= 4 is 28.3 Å². The third kappa shape index (κ3) is 3.34. The van der Waals surface area contributed by atoms with Gasteiger partial charge in [0.1, 0.15) is 5.00 Å². The number of carboxylic acid groups (broad SMARTS) is 1. The molecule has 0 bridgehead atoms. The average Bonchev–Trinajstić information content (AvgIpc) is 2.84. The average molecular weight is 340 g/mol. The fourth-order valence-electron chi connectivity index (χ4n) is 2.81. The molecule has 2 aliphatic heterocycles. The zero-order chi connectivity index (χ0) is 16.6. The third-order valence-electron chi connectivity index (χ3n) is 4.02. The van der Waals surface area contributed by atoms with E-state index < -0.39 is 11.6 Å². The highest BCUT2D eigenvalue weighted by molar-refractivity contribution is 7.17. The number of hydrogen-bond donors (Lipinski definition) is 2. The molecule has 0 aromatic carbocycles. The number of aromatic carboxylic acids is 1. The molecule has 1 fully saturated rings. The van der Waals surface area contributed by atoms with Gasteiger partial charge in [-0.15, -0.1) is 11.3 Å². The lowest BCUT2D eigenvalue weighted by molar-refractivity contribution is -0.0384. The van der Waals surface area contributed by atoms with Crippen molar-refractivity contribution in [3.8, 4) is 0 Å². The number of rotatable bonds is 2. The van der Waals surface area contributed by atoms with E-state index in [-0.39, 0.29) is 11.6 Å². The molecule has 1 aromatic rings. The van der Waals surface area contributed by atoms with Gasteiger partial charge >= 0.3 is 12.0 Å². The second kappa shape index (κ2) is 6.10. The van der Waals surface area contributed by atoms with Crippen LogP contribution in [0.1, 0.15) is 34.6 Å². The summed E-state index contributed by atoms with van der Waals surface area (Å²) in [6, 6.07) is -0.283. The Bertz CT molecular complexity index is 634. The van der Waals surface area contributed by atoms with Gasteiger partial charge in [-0.05, 0) is 19.4 Å². The molecule has 0 atom stereocenters. The number of urea groups is 1. The topological polar surface area (TPSA) is 88.1 Å². The number of ether oxygens (including phenoxy) is 2. The molecule has 7 nitrogen and oxygen atoms in total. The van der Waals surface area contributed by atoms with Crippen molar-refractivity contribution in [1.29, 1.82) is 0 Å². The zero-order valence-corrected chi connectivity index (χ0v) is 14.0. The number of nitrogens with one attached hydrogen (secondary N) is 1. The fourth-order valence-corrected chi connectivity index (χ4v) is 3.92. The minimum atomic E-state index is -1.02. The predicted octanol–water partition coefficient (Wildman–Crippen LogP) is 2.16. The minimum Gasteiger partial charge on any atom is -0.478 e. The molecule has 126 valence electrons. The van der Waals surface area contributed by atoms with E-state index in [4.69, 9.17) is 9.47 Å². The van der Waals surface area contributed by atoms with Crippen molar-refractivity contribution in [1.82, 2.24) is 4.90 Å². The lowest BCUT2D eigenvalue weighted by Gasteiger charge is -2.30. The number of carbonyl (C=O) groups is 2.